The number of hydrogen-bond acceptors (Lipinski definition) is 1. The highest BCUT2D eigenvalue weighted by atomic mass is 16.2. The van der Waals surface area contributed by atoms with E-state index >= 15 is 0 Å². The third-order valence-corrected chi connectivity index (χ3v) is 1.82. The lowest BCUT2D eigenvalue weighted by atomic mass is 10.1. The Balaban J connectivity index is 2.31. The molecular weight excluding hydrogens is 128 g/mol. The Kier molecular flexibility index (Phi) is 2.54. The first kappa shape index (κ1) is 7.38. The largest absolute Gasteiger partial charge is 0.338 e. The summed E-state index contributed by atoms with van der Waals surface area (Å²) in [6.45, 7) is 1.80. The molecule has 0 bridgehead atoms. The normalized spacial score (nSPS) is 18.7. The monoisotopic (exact) mass is 141 g/mol. The van der Waals surface area contributed by atoms with Crippen LogP contribution >= 0.6 is 0 Å². The molecule has 3 heteroatoms. The molecule has 0 aromatic carbocycles. The second-order valence-corrected chi connectivity index (χ2v) is 2.55. The molecule has 1 heterocycles. The molecule has 3 nitrogen and oxygen atoms in total. The summed E-state index contributed by atoms with van der Waals surface area (Å²) in [6.07, 6.45) is 3.54. The van der Waals surface area contributed by atoms with Gasteiger partial charge in [0.1, 0.15) is 0 Å². The van der Waals surface area contributed by atoms with Crippen LogP contribution in [0.1, 0.15) is 19.3 Å². The van der Waals surface area contributed by atoms with Crippen LogP contribution in [-0.2, 0) is 0 Å². The molecule has 0 atom stereocenters. The fourth-order valence-corrected chi connectivity index (χ4v) is 1.23. The quantitative estimate of drug-likeness (QED) is 0.492. The molecule has 1 radical (unpaired) electrons. The summed E-state index contributed by atoms with van der Waals surface area (Å²) in [5.41, 5.74) is 0. The number of carbonyl (C=O) groups excluding carboxylic acids is 1. The van der Waals surface area contributed by atoms with Crippen LogP contribution in [0.3, 0.4) is 0 Å². The number of carbonyl (C=O) groups is 1. The van der Waals surface area contributed by atoms with Crippen LogP contribution < -0.4 is 5.32 Å². The number of urea groups is 1. The first-order chi connectivity index (χ1) is 4.84. The summed E-state index contributed by atoms with van der Waals surface area (Å²) < 4.78 is 0. The number of nitrogens with zero attached hydrogens (tertiary/aromatic N) is 2. The highest BCUT2D eigenvalue weighted by Gasteiger charge is 2.14. The molecule has 1 fully saturated rings. The molecule has 0 N–H and O–H groups in total. The smallest absolute Gasteiger partial charge is 0.323 e. The highest BCUT2D eigenvalue weighted by molar-refractivity contribution is 5.73. The average Bonchev–Trinajstić information content (AvgIpc) is 2.05. The van der Waals surface area contributed by atoms with Crippen molar-refractivity contribution in [3.63, 3.8) is 0 Å². The number of hydrogen-bond donors (Lipinski definition) is 0. The van der Waals surface area contributed by atoms with Crippen molar-refractivity contribution in [1.29, 1.82) is 0 Å². The minimum atomic E-state index is -0.0558. The Morgan fingerprint density at radius 3 is 2.40 bits per heavy atom. The van der Waals surface area contributed by atoms with E-state index in [4.69, 9.17) is 0 Å². The van der Waals surface area contributed by atoms with Gasteiger partial charge in [-0.3, -0.25) is 0 Å². The zero-order valence-corrected chi connectivity index (χ0v) is 6.34. The molecule has 10 heavy (non-hydrogen) atoms. The van der Waals surface area contributed by atoms with Crippen molar-refractivity contribution in [3.8, 4) is 0 Å². The predicted molar refractivity (Wildman–Crippen MR) is 38.9 cm³/mol. The van der Waals surface area contributed by atoms with Crippen molar-refractivity contribution in [1.82, 2.24) is 10.2 Å². The number of rotatable bonds is 0. The summed E-state index contributed by atoms with van der Waals surface area (Å²) in [6, 6.07) is -0.0558. The van der Waals surface area contributed by atoms with Crippen molar-refractivity contribution in [2.45, 2.75) is 19.3 Å². The maximum Gasteiger partial charge on any atom is 0.338 e. The Bertz CT molecular complexity index is 119. The van der Waals surface area contributed by atoms with E-state index < -0.39 is 0 Å². The molecule has 0 aromatic rings. The molecule has 1 aliphatic heterocycles. The molecule has 2 amide bonds. The standard InChI is InChI=1S/C7H13N2O/c1-8-7(10)9-5-3-2-4-6-9/h2-6H2,1H3. The summed E-state index contributed by atoms with van der Waals surface area (Å²) in [4.78, 5) is 12.7. The number of amides is 2. The number of likely N-dealkylation sites (tertiary alicyclic amines) is 1. The van der Waals surface area contributed by atoms with E-state index in [1.165, 1.54) is 6.42 Å². The zero-order chi connectivity index (χ0) is 7.40. The molecular formula is C7H13N2O. The van der Waals surface area contributed by atoms with E-state index in [9.17, 15) is 4.79 Å². The lowest BCUT2D eigenvalue weighted by Gasteiger charge is -2.24. The Morgan fingerprint density at radius 2 is 1.90 bits per heavy atom. The van der Waals surface area contributed by atoms with Gasteiger partial charge in [-0.2, -0.15) is 0 Å². The van der Waals surface area contributed by atoms with Crippen molar-refractivity contribution in [3.05, 3.63) is 0 Å². The van der Waals surface area contributed by atoms with Gasteiger partial charge in [-0.15, -0.1) is 0 Å². The van der Waals surface area contributed by atoms with E-state index in [2.05, 4.69) is 5.32 Å². The maximum atomic E-state index is 10.9. The average molecular weight is 141 g/mol. The SMILES string of the molecule is C[N]C(=O)N1CCCCC1. The summed E-state index contributed by atoms with van der Waals surface area (Å²) in [5.74, 6) is 0. The third-order valence-electron chi connectivity index (χ3n) is 1.82. The van der Waals surface area contributed by atoms with Gasteiger partial charge in [0.15, 0.2) is 0 Å². The van der Waals surface area contributed by atoms with Gasteiger partial charge in [0.25, 0.3) is 0 Å². The van der Waals surface area contributed by atoms with Crippen LogP contribution in [0.15, 0.2) is 0 Å². The Hall–Kier alpha value is -0.730. The minimum Gasteiger partial charge on any atom is -0.323 e. The summed E-state index contributed by atoms with van der Waals surface area (Å²) in [5, 5.41) is 3.60. The van der Waals surface area contributed by atoms with Crippen LogP contribution in [0.4, 0.5) is 4.79 Å². The van der Waals surface area contributed by atoms with Crippen molar-refractivity contribution >= 4 is 6.03 Å². The molecule has 0 spiro atoms. The maximum absolute atomic E-state index is 10.9. The highest BCUT2D eigenvalue weighted by Crippen LogP contribution is 2.07. The third kappa shape index (κ3) is 1.62. The molecule has 57 valence electrons. The summed E-state index contributed by atoms with van der Waals surface area (Å²) in [7, 11) is 1.55. The molecule has 1 aliphatic rings. The lowest BCUT2D eigenvalue weighted by molar-refractivity contribution is 0.188. The van der Waals surface area contributed by atoms with Gasteiger partial charge >= 0.3 is 6.03 Å². The van der Waals surface area contributed by atoms with Gasteiger partial charge in [0.05, 0.1) is 0 Å². The zero-order valence-electron chi connectivity index (χ0n) is 6.34. The molecule has 1 rings (SSSR count). The Morgan fingerprint density at radius 1 is 1.30 bits per heavy atom. The first-order valence-corrected chi connectivity index (χ1v) is 3.73. The van der Waals surface area contributed by atoms with Gasteiger partial charge < -0.3 is 4.90 Å². The molecule has 0 unspecified atom stereocenters. The minimum absolute atomic E-state index is 0.0558. The van der Waals surface area contributed by atoms with Gasteiger partial charge in [-0.25, -0.2) is 10.1 Å². The van der Waals surface area contributed by atoms with Gasteiger partial charge in [0.2, 0.25) is 0 Å². The molecule has 0 aromatic heterocycles. The second-order valence-electron chi connectivity index (χ2n) is 2.55. The number of piperidine rings is 1. The van der Waals surface area contributed by atoms with Crippen LogP contribution in [0.5, 0.6) is 0 Å². The van der Waals surface area contributed by atoms with Crippen molar-refractivity contribution in [2.24, 2.45) is 0 Å². The van der Waals surface area contributed by atoms with E-state index in [0.29, 0.717) is 0 Å². The van der Waals surface area contributed by atoms with Crippen LogP contribution in [-0.4, -0.2) is 31.1 Å². The topological polar surface area (TPSA) is 34.4 Å². The van der Waals surface area contributed by atoms with Crippen molar-refractivity contribution < 1.29 is 4.79 Å². The van der Waals surface area contributed by atoms with Crippen LogP contribution in [0.2, 0.25) is 0 Å². The van der Waals surface area contributed by atoms with E-state index in [1.807, 2.05) is 4.90 Å². The van der Waals surface area contributed by atoms with E-state index in [1.54, 1.807) is 7.05 Å². The van der Waals surface area contributed by atoms with Crippen molar-refractivity contribution in [2.75, 3.05) is 20.1 Å². The fourth-order valence-electron chi connectivity index (χ4n) is 1.23. The molecule has 0 saturated carbocycles. The van der Waals surface area contributed by atoms with Gasteiger partial charge in [-0.05, 0) is 19.3 Å². The van der Waals surface area contributed by atoms with Gasteiger partial charge in [0, 0.05) is 20.1 Å². The second kappa shape index (κ2) is 3.44. The van der Waals surface area contributed by atoms with Crippen LogP contribution in [0.25, 0.3) is 0 Å². The van der Waals surface area contributed by atoms with E-state index in [0.717, 1.165) is 25.9 Å². The summed E-state index contributed by atoms with van der Waals surface area (Å²) >= 11 is 0. The fraction of sp³-hybridized carbons (Fsp3) is 0.857. The van der Waals surface area contributed by atoms with Crippen LogP contribution in [0, 0.1) is 0 Å². The first-order valence-electron chi connectivity index (χ1n) is 3.73. The Labute approximate surface area is 61.4 Å². The van der Waals surface area contributed by atoms with E-state index in [-0.39, 0.29) is 6.03 Å². The predicted octanol–water partition coefficient (Wildman–Crippen LogP) is 0.826. The molecule has 0 aliphatic carbocycles. The van der Waals surface area contributed by atoms with Gasteiger partial charge in [-0.1, -0.05) is 0 Å². The lowest BCUT2D eigenvalue weighted by Crippen LogP contribution is -2.38. The molecule has 1 saturated heterocycles.